The van der Waals surface area contributed by atoms with Gasteiger partial charge in [0.1, 0.15) is 11.4 Å². The molecule has 3 N–H and O–H groups in total. The number of rotatable bonds is 12. The standard InChI is InChI=1S/C34H27N5O6S2/c1-45-30-13-6-5-10-24(30)19-28(36-32(41)22-8-3-2-4-9-22)33(42)35-25-14-16-27(17-15-25)46-21-31(40)38-34-37-29(20-47-34)23-11-7-12-26(18-23)39(43)44/h2-20H,21H2,1H3,(H,35,42)(H,36,41)(H,37,38,40)/b28-19-. The first-order chi connectivity index (χ1) is 22.8. The van der Waals surface area contributed by atoms with Gasteiger partial charge in [0.15, 0.2) is 5.13 Å². The first-order valence-corrected chi connectivity index (χ1v) is 15.9. The van der Waals surface area contributed by atoms with E-state index in [2.05, 4.69) is 20.9 Å². The molecule has 0 atom stereocenters. The van der Waals surface area contributed by atoms with E-state index < -0.39 is 16.7 Å². The van der Waals surface area contributed by atoms with Gasteiger partial charge in [-0.2, -0.15) is 0 Å². The molecule has 11 nitrogen and oxygen atoms in total. The summed E-state index contributed by atoms with van der Waals surface area (Å²) in [5.74, 6) is -0.602. The summed E-state index contributed by atoms with van der Waals surface area (Å²) in [7, 11) is 1.52. The monoisotopic (exact) mass is 665 g/mol. The number of hydrogen-bond acceptors (Lipinski definition) is 9. The first-order valence-electron chi connectivity index (χ1n) is 14.0. The predicted octanol–water partition coefficient (Wildman–Crippen LogP) is 6.87. The molecule has 236 valence electrons. The number of anilines is 2. The molecule has 0 saturated heterocycles. The summed E-state index contributed by atoms with van der Waals surface area (Å²) < 4.78 is 5.41. The van der Waals surface area contributed by atoms with Crippen LogP contribution in [0, 0.1) is 10.1 Å². The number of nitro groups is 1. The second kappa shape index (κ2) is 15.5. The van der Waals surface area contributed by atoms with Gasteiger partial charge in [-0.15, -0.1) is 23.1 Å². The minimum absolute atomic E-state index is 0.0225. The highest BCUT2D eigenvalue weighted by atomic mass is 32.2. The third-order valence-electron chi connectivity index (χ3n) is 6.55. The van der Waals surface area contributed by atoms with Crippen molar-refractivity contribution in [2.24, 2.45) is 0 Å². The van der Waals surface area contributed by atoms with Gasteiger partial charge in [0, 0.05) is 44.8 Å². The Labute approximate surface area is 277 Å². The fourth-order valence-electron chi connectivity index (χ4n) is 4.26. The van der Waals surface area contributed by atoms with E-state index in [4.69, 9.17) is 4.74 Å². The highest BCUT2D eigenvalue weighted by Gasteiger charge is 2.17. The maximum atomic E-state index is 13.4. The van der Waals surface area contributed by atoms with Crippen LogP contribution in [0.2, 0.25) is 0 Å². The lowest BCUT2D eigenvalue weighted by molar-refractivity contribution is -0.384. The van der Waals surface area contributed by atoms with Gasteiger partial charge < -0.3 is 20.7 Å². The third-order valence-corrected chi connectivity index (χ3v) is 8.32. The summed E-state index contributed by atoms with van der Waals surface area (Å²) in [5, 5.41) is 21.4. The fraction of sp³-hybridized carbons (Fsp3) is 0.0588. The van der Waals surface area contributed by atoms with Crippen molar-refractivity contribution in [3.63, 3.8) is 0 Å². The molecule has 0 fully saturated rings. The Morgan fingerprint density at radius 1 is 0.936 bits per heavy atom. The molecule has 47 heavy (non-hydrogen) atoms. The Bertz CT molecular complexity index is 1940. The molecule has 1 aromatic heterocycles. The number of thioether (sulfide) groups is 1. The van der Waals surface area contributed by atoms with Crippen LogP contribution in [-0.4, -0.2) is 40.5 Å². The highest BCUT2D eigenvalue weighted by Crippen LogP contribution is 2.28. The molecule has 0 aliphatic carbocycles. The third kappa shape index (κ3) is 8.90. The fourth-order valence-corrected chi connectivity index (χ4v) is 5.70. The SMILES string of the molecule is COc1ccccc1/C=C(\NC(=O)c1ccccc1)C(=O)Nc1ccc(SCC(=O)Nc2nc(-c3cccc([N+](=O)[O-])c3)cs2)cc1. The zero-order chi connectivity index (χ0) is 33.2. The molecular weight excluding hydrogens is 639 g/mol. The topological polar surface area (TPSA) is 153 Å². The first kappa shape index (κ1) is 32.6. The number of carbonyl (C=O) groups is 3. The molecule has 5 rings (SSSR count). The van der Waals surface area contributed by atoms with E-state index in [1.807, 2.05) is 0 Å². The van der Waals surface area contributed by atoms with Crippen molar-refractivity contribution in [1.82, 2.24) is 10.3 Å². The van der Waals surface area contributed by atoms with Gasteiger partial charge >= 0.3 is 0 Å². The van der Waals surface area contributed by atoms with Gasteiger partial charge in [-0.25, -0.2) is 4.98 Å². The van der Waals surface area contributed by atoms with Gasteiger partial charge in [0.25, 0.3) is 17.5 Å². The van der Waals surface area contributed by atoms with Crippen LogP contribution in [-0.2, 0) is 9.59 Å². The molecule has 0 radical (unpaired) electrons. The van der Waals surface area contributed by atoms with E-state index in [0.717, 1.165) is 4.90 Å². The molecule has 0 bridgehead atoms. The molecule has 0 aliphatic heterocycles. The Kier molecular flexibility index (Phi) is 10.7. The minimum atomic E-state index is -0.534. The van der Waals surface area contributed by atoms with E-state index in [1.54, 1.807) is 102 Å². The maximum absolute atomic E-state index is 13.4. The molecule has 3 amide bonds. The Hall–Kier alpha value is -5.79. The molecular formula is C34H27N5O6S2. The number of thiazole rings is 1. The largest absolute Gasteiger partial charge is 0.496 e. The number of amides is 3. The lowest BCUT2D eigenvalue weighted by Gasteiger charge is -2.13. The summed E-state index contributed by atoms with van der Waals surface area (Å²) in [6.07, 6.45) is 1.55. The highest BCUT2D eigenvalue weighted by molar-refractivity contribution is 8.00. The van der Waals surface area contributed by atoms with Crippen molar-refractivity contribution >= 4 is 63.4 Å². The number of hydrogen-bond donors (Lipinski definition) is 3. The zero-order valence-corrected chi connectivity index (χ0v) is 26.5. The van der Waals surface area contributed by atoms with E-state index in [0.29, 0.717) is 39.0 Å². The smallest absolute Gasteiger partial charge is 0.272 e. The van der Waals surface area contributed by atoms with Crippen molar-refractivity contribution in [3.8, 4) is 17.0 Å². The Morgan fingerprint density at radius 3 is 2.43 bits per heavy atom. The lowest BCUT2D eigenvalue weighted by Crippen LogP contribution is -2.30. The number of nitrogens with zero attached hydrogens (tertiary/aromatic N) is 2. The van der Waals surface area contributed by atoms with Gasteiger partial charge in [0.2, 0.25) is 5.91 Å². The number of methoxy groups -OCH3 is 1. The second-order valence-electron chi connectivity index (χ2n) is 9.78. The number of aromatic nitrogens is 1. The zero-order valence-electron chi connectivity index (χ0n) is 24.8. The van der Waals surface area contributed by atoms with E-state index in [9.17, 15) is 24.5 Å². The van der Waals surface area contributed by atoms with Gasteiger partial charge in [-0.05, 0) is 48.5 Å². The summed E-state index contributed by atoms with van der Waals surface area (Å²) in [4.78, 5) is 54.6. The van der Waals surface area contributed by atoms with Gasteiger partial charge in [-0.1, -0.05) is 48.5 Å². The molecule has 13 heteroatoms. The molecule has 5 aromatic rings. The van der Waals surface area contributed by atoms with E-state index in [-0.39, 0.29) is 23.0 Å². The predicted molar refractivity (Wildman–Crippen MR) is 184 cm³/mol. The van der Waals surface area contributed by atoms with Gasteiger partial charge in [0.05, 0.1) is 23.5 Å². The summed E-state index contributed by atoms with van der Waals surface area (Å²) in [6, 6.07) is 28.8. The summed E-state index contributed by atoms with van der Waals surface area (Å²) in [6.45, 7) is 0. The van der Waals surface area contributed by atoms with Crippen LogP contribution in [0.5, 0.6) is 5.75 Å². The normalized spacial score (nSPS) is 11.0. The van der Waals surface area contributed by atoms with Crippen molar-refractivity contribution in [2.45, 2.75) is 4.90 Å². The van der Waals surface area contributed by atoms with Crippen LogP contribution >= 0.6 is 23.1 Å². The van der Waals surface area contributed by atoms with Crippen molar-refractivity contribution < 1.29 is 24.0 Å². The lowest BCUT2D eigenvalue weighted by atomic mass is 10.1. The van der Waals surface area contributed by atoms with Crippen molar-refractivity contribution in [1.29, 1.82) is 0 Å². The number of non-ortho nitro benzene ring substituents is 1. The van der Waals surface area contributed by atoms with Crippen LogP contribution < -0.4 is 20.7 Å². The average Bonchev–Trinajstić information content (AvgIpc) is 3.56. The Morgan fingerprint density at radius 2 is 1.68 bits per heavy atom. The van der Waals surface area contributed by atoms with Crippen LogP contribution in [0.1, 0.15) is 15.9 Å². The average molecular weight is 666 g/mol. The number of nitro benzene ring substituents is 1. The van der Waals surface area contributed by atoms with Crippen LogP contribution in [0.15, 0.2) is 119 Å². The summed E-state index contributed by atoms with van der Waals surface area (Å²) in [5.41, 5.74) is 2.58. The molecule has 0 aliphatic rings. The molecule has 0 spiro atoms. The summed E-state index contributed by atoms with van der Waals surface area (Å²) >= 11 is 2.52. The van der Waals surface area contributed by atoms with Crippen LogP contribution in [0.3, 0.4) is 0 Å². The van der Waals surface area contributed by atoms with Gasteiger partial charge in [-0.3, -0.25) is 24.5 Å². The van der Waals surface area contributed by atoms with E-state index in [1.165, 1.54) is 42.3 Å². The minimum Gasteiger partial charge on any atom is -0.496 e. The number of ether oxygens (including phenoxy) is 1. The van der Waals surface area contributed by atoms with Crippen molar-refractivity contribution in [3.05, 3.63) is 135 Å². The second-order valence-corrected chi connectivity index (χ2v) is 11.7. The molecule has 0 saturated carbocycles. The van der Waals surface area contributed by atoms with Crippen molar-refractivity contribution in [2.75, 3.05) is 23.5 Å². The molecule has 4 aromatic carbocycles. The van der Waals surface area contributed by atoms with E-state index >= 15 is 0 Å². The quantitative estimate of drug-likeness (QED) is 0.0565. The number of nitrogens with one attached hydrogen (secondary N) is 3. The number of para-hydroxylation sites is 1. The van der Waals surface area contributed by atoms with Crippen LogP contribution in [0.4, 0.5) is 16.5 Å². The van der Waals surface area contributed by atoms with Crippen LogP contribution in [0.25, 0.3) is 17.3 Å². The number of carbonyl (C=O) groups excluding carboxylic acids is 3. The number of benzene rings is 4. The molecule has 0 unspecified atom stereocenters. The maximum Gasteiger partial charge on any atom is 0.272 e. The molecule has 1 heterocycles. The Balaban J connectivity index is 1.20.